The minimum atomic E-state index is 0.713. The molecule has 5 nitrogen and oxygen atoms in total. The van der Waals surface area contributed by atoms with E-state index in [0.717, 1.165) is 55.4 Å². The Balaban J connectivity index is 1.80. The predicted molar refractivity (Wildman–Crippen MR) is 99.6 cm³/mol. The van der Waals surface area contributed by atoms with Crippen LogP contribution >= 0.6 is 0 Å². The van der Waals surface area contributed by atoms with E-state index in [1.807, 2.05) is 41.9 Å². The standard InChI is InChI=1S/C20H27N5/c1-4-23(3)13-17-10-11-24(14-17)15-20-19(12-21)16(2)22-25(20)18-8-6-5-7-9-18/h5-9,17H,4,10-11,13-15H2,1-3H3/t17-/m1/s1. The summed E-state index contributed by atoms with van der Waals surface area (Å²) in [5.41, 5.74) is 3.56. The van der Waals surface area contributed by atoms with Gasteiger partial charge in [0, 0.05) is 19.6 Å². The molecule has 0 aliphatic carbocycles. The third kappa shape index (κ3) is 3.92. The Hall–Kier alpha value is -2.16. The third-order valence-corrected chi connectivity index (χ3v) is 5.12. The molecule has 132 valence electrons. The van der Waals surface area contributed by atoms with E-state index in [4.69, 9.17) is 0 Å². The van der Waals surface area contributed by atoms with Gasteiger partial charge in [0.05, 0.1) is 22.6 Å². The summed E-state index contributed by atoms with van der Waals surface area (Å²) in [6.07, 6.45) is 1.23. The molecule has 1 aliphatic heterocycles. The molecule has 0 radical (unpaired) electrons. The van der Waals surface area contributed by atoms with E-state index in [9.17, 15) is 5.26 Å². The van der Waals surface area contributed by atoms with Gasteiger partial charge in [0.1, 0.15) is 6.07 Å². The molecule has 3 rings (SSSR count). The number of aryl methyl sites for hydroxylation is 1. The maximum absolute atomic E-state index is 9.61. The second-order valence-corrected chi connectivity index (χ2v) is 7.01. The maximum atomic E-state index is 9.61. The molecule has 1 aromatic carbocycles. The molecule has 5 heteroatoms. The van der Waals surface area contributed by atoms with Crippen molar-refractivity contribution in [1.29, 1.82) is 5.26 Å². The van der Waals surface area contributed by atoms with Crippen LogP contribution in [-0.4, -0.2) is 52.8 Å². The van der Waals surface area contributed by atoms with Crippen LogP contribution in [0.15, 0.2) is 30.3 Å². The molecule has 2 heterocycles. The van der Waals surface area contributed by atoms with Gasteiger partial charge < -0.3 is 4.90 Å². The van der Waals surface area contributed by atoms with Crippen molar-refractivity contribution in [3.8, 4) is 11.8 Å². The number of hydrogen-bond donors (Lipinski definition) is 0. The topological polar surface area (TPSA) is 48.1 Å². The monoisotopic (exact) mass is 337 g/mol. The van der Waals surface area contributed by atoms with Gasteiger partial charge in [0.15, 0.2) is 0 Å². The molecule has 0 saturated carbocycles. The molecule has 1 atom stereocenters. The van der Waals surface area contributed by atoms with Crippen molar-refractivity contribution in [2.24, 2.45) is 5.92 Å². The van der Waals surface area contributed by atoms with Gasteiger partial charge in [0.2, 0.25) is 0 Å². The zero-order valence-corrected chi connectivity index (χ0v) is 15.4. The molecular weight excluding hydrogens is 310 g/mol. The van der Waals surface area contributed by atoms with Crippen LogP contribution in [0.2, 0.25) is 0 Å². The van der Waals surface area contributed by atoms with Crippen molar-refractivity contribution < 1.29 is 0 Å². The van der Waals surface area contributed by atoms with Gasteiger partial charge in [-0.15, -0.1) is 0 Å². The van der Waals surface area contributed by atoms with Crippen molar-refractivity contribution in [3.63, 3.8) is 0 Å². The molecule has 25 heavy (non-hydrogen) atoms. The summed E-state index contributed by atoms with van der Waals surface area (Å²) in [5.74, 6) is 0.713. The van der Waals surface area contributed by atoms with E-state index in [-0.39, 0.29) is 0 Å². The normalized spacial score (nSPS) is 18.0. The van der Waals surface area contributed by atoms with Gasteiger partial charge in [-0.3, -0.25) is 4.90 Å². The molecule has 1 aliphatic rings. The molecule has 0 bridgehead atoms. The Morgan fingerprint density at radius 1 is 1.32 bits per heavy atom. The van der Waals surface area contributed by atoms with E-state index in [1.165, 1.54) is 6.42 Å². The van der Waals surface area contributed by atoms with Crippen molar-refractivity contribution in [2.75, 3.05) is 33.2 Å². The molecule has 2 aromatic rings. The molecule has 1 fully saturated rings. The highest BCUT2D eigenvalue weighted by atomic mass is 15.3. The maximum Gasteiger partial charge on any atom is 0.103 e. The second-order valence-electron chi connectivity index (χ2n) is 7.01. The van der Waals surface area contributed by atoms with Crippen molar-refractivity contribution >= 4 is 0 Å². The fourth-order valence-electron chi connectivity index (χ4n) is 3.64. The summed E-state index contributed by atoms with van der Waals surface area (Å²) in [6, 6.07) is 12.5. The molecule has 1 saturated heterocycles. The van der Waals surface area contributed by atoms with Crippen LogP contribution in [0.1, 0.15) is 30.3 Å². The summed E-state index contributed by atoms with van der Waals surface area (Å²) in [7, 11) is 2.18. The third-order valence-electron chi connectivity index (χ3n) is 5.12. The number of likely N-dealkylation sites (tertiary alicyclic amines) is 1. The Labute approximate surface area is 150 Å². The smallest absolute Gasteiger partial charge is 0.103 e. The first-order valence-corrected chi connectivity index (χ1v) is 9.07. The number of aromatic nitrogens is 2. The molecular formula is C20H27N5. The lowest BCUT2D eigenvalue weighted by Crippen LogP contribution is -2.28. The van der Waals surface area contributed by atoms with Gasteiger partial charge in [-0.2, -0.15) is 10.4 Å². The Kier molecular flexibility index (Phi) is 5.52. The Morgan fingerprint density at radius 3 is 2.76 bits per heavy atom. The first-order chi connectivity index (χ1) is 12.1. The average Bonchev–Trinajstić information content (AvgIpc) is 3.19. The van der Waals surface area contributed by atoms with E-state index < -0.39 is 0 Å². The summed E-state index contributed by atoms with van der Waals surface area (Å²) in [6.45, 7) is 9.33. The predicted octanol–water partition coefficient (Wildman–Crippen LogP) is 2.83. The van der Waals surface area contributed by atoms with Crippen LogP contribution in [-0.2, 0) is 6.54 Å². The van der Waals surface area contributed by atoms with Gasteiger partial charge in [-0.05, 0) is 51.5 Å². The summed E-state index contributed by atoms with van der Waals surface area (Å²) < 4.78 is 1.94. The zero-order chi connectivity index (χ0) is 17.8. The lowest BCUT2D eigenvalue weighted by Gasteiger charge is -2.20. The number of nitrogens with zero attached hydrogens (tertiary/aromatic N) is 5. The van der Waals surface area contributed by atoms with E-state index >= 15 is 0 Å². The number of para-hydroxylation sites is 1. The fraction of sp³-hybridized carbons (Fsp3) is 0.500. The number of nitriles is 1. The van der Waals surface area contributed by atoms with Gasteiger partial charge in [-0.1, -0.05) is 25.1 Å². The highest BCUT2D eigenvalue weighted by Crippen LogP contribution is 2.24. The lowest BCUT2D eigenvalue weighted by atomic mass is 10.1. The number of rotatable bonds is 6. The van der Waals surface area contributed by atoms with Gasteiger partial charge >= 0.3 is 0 Å². The van der Waals surface area contributed by atoms with Gasteiger partial charge in [-0.25, -0.2) is 4.68 Å². The highest BCUT2D eigenvalue weighted by molar-refractivity contribution is 5.43. The molecule has 1 aromatic heterocycles. The van der Waals surface area contributed by atoms with Crippen LogP contribution in [0.5, 0.6) is 0 Å². The van der Waals surface area contributed by atoms with Crippen molar-refractivity contribution in [3.05, 3.63) is 47.3 Å². The summed E-state index contributed by atoms with van der Waals surface area (Å²) in [4.78, 5) is 4.85. The minimum Gasteiger partial charge on any atom is -0.306 e. The van der Waals surface area contributed by atoms with Crippen LogP contribution in [0.25, 0.3) is 5.69 Å². The summed E-state index contributed by atoms with van der Waals surface area (Å²) >= 11 is 0. The molecule has 0 N–H and O–H groups in total. The lowest BCUT2D eigenvalue weighted by molar-refractivity contribution is 0.265. The van der Waals surface area contributed by atoms with E-state index in [1.54, 1.807) is 0 Å². The average molecular weight is 337 g/mol. The first-order valence-electron chi connectivity index (χ1n) is 9.07. The summed E-state index contributed by atoms with van der Waals surface area (Å²) in [5, 5.41) is 14.2. The Morgan fingerprint density at radius 2 is 2.08 bits per heavy atom. The second kappa shape index (κ2) is 7.81. The van der Waals surface area contributed by atoms with Crippen LogP contribution in [0.4, 0.5) is 0 Å². The molecule has 0 spiro atoms. The fourth-order valence-corrected chi connectivity index (χ4v) is 3.64. The SMILES string of the molecule is CCN(C)C[C@H]1CCN(Cc2c(C#N)c(C)nn2-c2ccccc2)C1. The van der Waals surface area contributed by atoms with Gasteiger partial charge in [0.25, 0.3) is 0 Å². The molecule has 0 unspecified atom stereocenters. The largest absolute Gasteiger partial charge is 0.306 e. The van der Waals surface area contributed by atoms with Crippen molar-refractivity contribution in [2.45, 2.75) is 26.8 Å². The van der Waals surface area contributed by atoms with Crippen LogP contribution in [0, 0.1) is 24.2 Å². The zero-order valence-electron chi connectivity index (χ0n) is 15.4. The number of benzene rings is 1. The van der Waals surface area contributed by atoms with E-state index in [0.29, 0.717) is 5.92 Å². The number of hydrogen-bond acceptors (Lipinski definition) is 4. The minimum absolute atomic E-state index is 0.713. The van der Waals surface area contributed by atoms with Crippen molar-refractivity contribution in [1.82, 2.24) is 19.6 Å². The highest BCUT2D eigenvalue weighted by Gasteiger charge is 2.26. The van der Waals surface area contributed by atoms with Crippen LogP contribution in [0.3, 0.4) is 0 Å². The Bertz CT molecular complexity index is 743. The molecule has 0 amide bonds. The quantitative estimate of drug-likeness (QED) is 0.813. The van der Waals surface area contributed by atoms with E-state index in [2.05, 4.69) is 34.9 Å². The first kappa shape index (κ1) is 17.7. The van der Waals surface area contributed by atoms with Crippen LogP contribution < -0.4 is 0 Å².